The molecule has 1 saturated carbocycles. The second kappa shape index (κ2) is 6.50. The second-order valence-corrected chi connectivity index (χ2v) is 5.91. The lowest BCUT2D eigenvalue weighted by Crippen LogP contribution is -2.33. The number of hydrogen-bond donors (Lipinski definition) is 2. The Balaban J connectivity index is 1.91. The number of amides is 1. The van der Waals surface area contributed by atoms with E-state index in [0.717, 1.165) is 25.7 Å². The number of carbonyl (C=O) groups excluding carboxylic acids is 1. The number of carbonyl (C=O) groups is 1. The Bertz CT molecular complexity index is 688. The van der Waals surface area contributed by atoms with Crippen LogP contribution in [0.25, 0.3) is 11.3 Å². The van der Waals surface area contributed by atoms with Crippen LogP contribution < -0.4 is 5.32 Å². The summed E-state index contributed by atoms with van der Waals surface area (Å²) < 4.78 is 18.3. The van der Waals surface area contributed by atoms with Gasteiger partial charge in [-0.3, -0.25) is 4.79 Å². The summed E-state index contributed by atoms with van der Waals surface area (Å²) in [6, 6.07) is 5.82. The molecule has 3 rings (SSSR count). The molecule has 1 amide bonds. The van der Waals surface area contributed by atoms with Crippen LogP contribution in [0.4, 0.5) is 4.39 Å². The first kappa shape index (κ1) is 15.7. The van der Waals surface area contributed by atoms with Gasteiger partial charge in [0.25, 0.3) is 5.91 Å². The molecule has 5 nitrogen and oxygen atoms in total. The van der Waals surface area contributed by atoms with Gasteiger partial charge in [-0.15, -0.1) is 0 Å². The molecule has 1 aliphatic rings. The number of aliphatic hydroxyl groups excluding tert-OH is 1. The van der Waals surface area contributed by atoms with Crippen LogP contribution in [0.5, 0.6) is 0 Å². The van der Waals surface area contributed by atoms with Crippen LogP contribution >= 0.6 is 0 Å². The van der Waals surface area contributed by atoms with E-state index in [1.165, 1.54) is 24.3 Å². The maximum Gasteiger partial charge on any atom is 0.290 e. The number of aromatic nitrogens is 1. The van der Waals surface area contributed by atoms with Gasteiger partial charge in [0.15, 0.2) is 0 Å². The largest absolute Gasteiger partial charge is 0.388 e. The number of nitrogens with one attached hydrogen (secondary N) is 1. The molecular weight excluding hydrogens is 299 g/mol. The molecule has 2 aromatic rings. The highest BCUT2D eigenvalue weighted by Gasteiger charge is 2.28. The van der Waals surface area contributed by atoms with Gasteiger partial charge in [0.2, 0.25) is 5.76 Å². The van der Waals surface area contributed by atoms with Gasteiger partial charge in [0, 0.05) is 11.6 Å². The summed E-state index contributed by atoms with van der Waals surface area (Å²) in [6.45, 7) is 1.55. The Morgan fingerprint density at radius 1 is 1.35 bits per heavy atom. The predicted octanol–water partition coefficient (Wildman–Crippen LogP) is 3.21. The van der Waals surface area contributed by atoms with Crippen molar-refractivity contribution in [1.29, 1.82) is 0 Å². The van der Waals surface area contributed by atoms with Gasteiger partial charge in [-0.1, -0.05) is 18.0 Å². The summed E-state index contributed by atoms with van der Waals surface area (Å²) >= 11 is 0. The highest BCUT2D eigenvalue weighted by atomic mass is 19.1. The molecule has 1 fully saturated rings. The smallest absolute Gasteiger partial charge is 0.290 e. The van der Waals surface area contributed by atoms with Crippen LogP contribution in [-0.2, 0) is 0 Å². The molecule has 0 saturated heterocycles. The summed E-state index contributed by atoms with van der Waals surface area (Å²) in [5, 5.41) is 16.9. The van der Waals surface area contributed by atoms with E-state index in [1.807, 2.05) is 0 Å². The van der Waals surface area contributed by atoms with E-state index in [9.17, 15) is 14.3 Å². The Morgan fingerprint density at radius 3 is 2.61 bits per heavy atom. The van der Waals surface area contributed by atoms with Gasteiger partial charge in [0.05, 0.1) is 11.7 Å². The number of aliphatic hydroxyl groups is 1. The number of halogens is 1. The molecule has 6 heteroatoms. The van der Waals surface area contributed by atoms with Crippen LogP contribution in [0.3, 0.4) is 0 Å². The van der Waals surface area contributed by atoms with Crippen molar-refractivity contribution in [3.8, 4) is 11.3 Å². The van der Waals surface area contributed by atoms with Crippen LogP contribution in [0.15, 0.2) is 28.8 Å². The van der Waals surface area contributed by atoms with E-state index in [2.05, 4.69) is 10.5 Å². The molecule has 1 aliphatic carbocycles. The van der Waals surface area contributed by atoms with E-state index in [1.54, 1.807) is 6.92 Å². The quantitative estimate of drug-likeness (QED) is 0.907. The van der Waals surface area contributed by atoms with Crippen molar-refractivity contribution < 1.29 is 18.8 Å². The predicted molar refractivity (Wildman–Crippen MR) is 82.3 cm³/mol. The van der Waals surface area contributed by atoms with Crippen LogP contribution in [-0.4, -0.2) is 22.2 Å². The standard InChI is InChI=1S/C17H19FN2O3/c1-10(21)14-15(11-6-8-12(18)9-7-11)20-23-16(14)17(22)19-13-4-2-3-5-13/h6-10,13,21H,2-5H2,1H3,(H,19,22). The molecule has 0 spiro atoms. The highest BCUT2D eigenvalue weighted by molar-refractivity contribution is 5.94. The third-order valence-electron chi connectivity index (χ3n) is 4.16. The SMILES string of the molecule is CC(O)c1c(-c2ccc(F)cc2)noc1C(=O)NC1CCCC1. The Morgan fingerprint density at radius 2 is 2.00 bits per heavy atom. The minimum Gasteiger partial charge on any atom is -0.388 e. The van der Waals surface area contributed by atoms with Crippen molar-refractivity contribution in [1.82, 2.24) is 10.5 Å². The van der Waals surface area contributed by atoms with E-state index in [-0.39, 0.29) is 23.5 Å². The van der Waals surface area contributed by atoms with Crippen molar-refractivity contribution in [3.05, 3.63) is 41.4 Å². The van der Waals surface area contributed by atoms with Crippen LogP contribution in [0.2, 0.25) is 0 Å². The van der Waals surface area contributed by atoms with E-state index in [0.29, 0.717) is 16.8 Å². The first-order valence-corrected chi connectivity index (χ1v) is 7.80. The molecule has 1 atom stereocenters. The fraction of sp³-hybridized carbons (Fsp3) is 0.412. The highest BCUT2D eigenvalue weighted by Crippen LogP contribution is 2.31. The fourth-order valence-corrected chi connectivity index (χ4v) is 2.99. The second-order valence-electron chi connectivity index (χ2n) is 5.91. The third-order valence-corrected chi connectivity index (χ3v) is 4.16. The lowest BCUT2D eigenvalue weighted by Gasteiger charge is -2.12. The average molecular weight is 318 g/mol. The lowest BCUT2D eigenvalue weighted by atomic mass is 10.0. The monoisotopic (exact) mass is 318 g/mol. The molecule has 23 heavy (non-hydrogen) atoms. The average Bonchev–Trinajstić information content (AvgIpc) is 3.16. The molecule has 0 bridgehead atoms. The maximum absolute atomic E-state index is 13.1. The van der Waals surface area contributed by atoms with Gasteiger partial charge < -0.3 is 14.9 Å². The molecular formula is C17H19FN2O3. The molecule has 1 aromatic carbocycles. The maximum atomic E-state index is 13.1. The zero-order chi connectivity index (χ0) is 16.4. The minimum absolute atomic E-state index is 0.0197. The van der Waals surface area contributed by atoms with Gasteiger partial charge in [-0.05, 0) is 44.0 Å². The van der Waals surface area contributed by atoms with Crippen molar-refractivity contribution >= 4 is 5.91 Å². The molecule has 2 N–H and O–H groups in total. The third kappa shape index (κ3) is 3.27. The summed E-state index contributed by atoms with van der Waals surface area (Å²) in [4.78, 5) is 12.4. The number of nitrogens with zero attached hydrogens (tertiary/aromatic N) is 1. The zero-order valence-corrected chi connectivity index (χ0v) is 12.9. The van der Waals surface area contributed by atoms with Crippen molar-refractivity contribution in [2.45, 2.75) is 44.8 Å². The summed E-state index contributed by atoms with van der Waals surface area (Å²) in [7, 11) is 0. The van der Waals surface area contributed by atoms with E-state index < -0.39 is 6.10 Å². The normalized spacial score (nSPS) is 16.5. The first-order chi connectivity index (χ1) is 11.1. The van der Waals surface area contributed by atoms with Gasteiger partial charge in [-0.2, -0.15) is 0 Å². The topological polar surface area (TPSA) is 75.4 Å². The van der Waals surface area contributed by atoms with E-state index in [4.69, 9.17) is 4.52 Å². The molecule has 0 radical (unpaired) electrons. The number of rotatable bonds is 4. The zero-order valence-electron chi connectivity index (χ0n) is 12.9. The number of hydrogen-bond acceptors (Lipinski definition) is 4. The van der Waals surface area contributed by atoms with Gasteiger partial charge in [-0.25, -0.2) is 4.39 Å². The van der Waals surface area contributed by atoms with Gasteiger partial charge >= 0.3 is 0 Å². The van der Waals surface area contributed by atoms with Crippen LogP contribution in [0, 0.1) is 5.82 Å². The molecule has 1 unspecified atom stereocenters. The molecule has 1 heterocycles. The Kier molecular flexibility index (Phi) is 4.43. The lowest BCUT2D eigenvalue weighted by molar-refractivity contribution is 0.0892. The molecule has 122 valence electrons. The summed E-state index contributed by atoms with van der Waals surface area (Å²) in [5.74, 6) is -0.713. The van der Waals surface area contributed by atoms with Crippen molar-refractivity contribution in [2.75, 3.05) is 0 Å². The Hall–Kier alpha value is -2.21. The Labute approximate surface area is 133 Å². The number of benzene rings is 1. The molecule has 1 aromatic heterocycles. The van der Waals surface area contributed by atoms with E-state index >= 15 is 0 Å². The summed E-state index contributed by atoms with van der Waals surface area (Å²) in [5.41, 5.74) is 1.27. The van der Waals surface area contributed by atoms with Crippen LogP contribution in [0.1, 0.15) is 54.8 Å². The minimum atomic E-state index is -0.925. The first-order valence-electron chi connectivity index (χ1n) is 7.80. The summed E-state index contributed by atoms with van der Waals surface area (Å²) in [6.07, 6.45) is 3.19. The fourth-order valence-electron chi connectivity index (χ4n) is 2.99. The van der Waals surface area contributed by atoms with Gasteiger partial charge in [0.1, 0.15) is 11.5 Å². The van der Waals surface area contributed by atoms with Crippen molar-refractivity contribution in [3.63, 3.8) is 0 Å². The van der Waals surface area contributed by atoms with Crippen molar-refractivity contribution in [2.24, 2.45) is 0 Å². The molecule has 0 aliphatic heterocycles.